The molecule has 1 aliphatic rings. The first-order valence-electron chi connectivity index (χ1n) is 7.81. The zero-order chi connectivity index (χ0) is 14.5. The van der Waals surface area contributed by atoms with Crippen LogP contribution in [0.3, 0.4) is 0 Å². The van der Waals surface area contributed by atoms with Gasteiger partial charge in [-0.2, -0.15) is 0 Å². The fourth-order valence-corrected chi connectivity index (χ4v) is 3.74. The highest BCUT2D eigenvalue weighted by Gasteiger charge is 2.31. The lowest BCUT2D eigenvalue weighted by Gasteiger charge is -2.37. The highest BCUT2D eigenvalue weighted by Crippen LogP contribution is 2.39. The molecule has 0 radical (unpaired) electrons. The van der Waals surface area contributed by atoms with Crippen molar-refractivity contribution >= 4 is 15.9 Å². The summed E-state index contributed by atoms with van der Waals surface area (Å²) in [6.45, 7) is 5.05. The van der Waals surface area contributed by atoms with Crippen molar-refractivity contribution in [3.8, 4) is 0 Å². The maximum atomic E-state index is 10.1. The third-order valence-electron chi connectivity index (χ3n) is 4.69. The lowest BCUT2D eigenvalue weighted by Crippen LogP contribution is -2.44. The molecule has 3 heteroatoms. The van der Waals surface area contributed by atoms with E-state index in [1.165, 1.54) is 22.9 Å². The first kappa shape index (κ1) is 16.0. The van der Waals surface area contributed by atoms with Crippen molar-refractivity contribution in [1.29, 1.82) is 0 Å². The van der Waals surface area contributed by atoms with Gasteiger partial charge < -0.3 is 10.4 Å². The maximum absolute atomic E-state index is 10.1. The van der Waals surface area contributed by atoms with E-state index in [-0.39, 0.29) is 6.10 Å². The molecule has 0 heterocycles. The van der Waals surface area contributed by atoms with Crippen LogP contribution in [-0.4, -0.2) is 23.8 Å². The molecule has 0 bridgehead atoms. The summed E-state index contributed by atoms with van der Waals surface area (Å²) >= 11 is 3.63. The molecule has 1 atom stereocenters. The summed E-state index contributed by atoms with van der Waals surface area (Å²) in [5, 5.41) is 13.7. The van der Waals surface area contributed by atoms with Crippen molar-refractivity contribution in [2.24, 2.45) is 5.92 Å². The fraction of sp³-hybridized carbons (Fsp3) is 0.647. The number of halogens is 1. The molecule has 1 unspecified atom stereocenters. The van der Waals surface area contributed by atoms with Crippen molar-refractivity contribution in [1.82, 2.24) is 5.32 Å². The fourth-order valence-electron chi connectivity index (χ4n) is 3.13. The predicted octanol–water partition coefficient (Wildman–Crippen LogP) is 4.08. The Balaban J connectivity index is 1.73. The molecule has 0 amide bonds. The van der Waals surface area contributed by atoms with E-state index in [1.807, 2.05) is 0 Å². The molecule has 1 aromatic carbocycles. The van der Waals surface area contributed by atoms with Crippen LogP contribution in [0.25, 0.3) is 0 Å². The van der Waals surface area contributed by atoms with Gasteiger partial charge in [0, 0.05) is 17.1 Å². The van der Waals surface area contributed by atoms with Crippen LogP contribution in [-0.2, 0) is 0 Å². The number of nitrogens with one attached hydrogen (secondary N) is 1. The molecule has 2 nitrogen and oxygen atoms in total. The summed E-state index contributed by atoms with van der Waals surface area (Å²) in [4.78, 5) is 0. The van der Waals surface area contributed by atoms with E-state index in [0.29, 0.717) is 17.9 Å². The third-order valence-corrected chi connectivity index (χ3v) is 5.41. The normalized spacial score (nSPS) is 23.6. The second-order valence-electron chi connectivity index (χ2n) is 5.94. The molecule has 112 valence electrons. The number of hydrogen-bond acceptors (Lipinski definition) is 2. The Labute approximate surface area is 131 Å². The van der Waals surface area contributed by atoms with Gasteiger partial charge in [0.25, 0.3) is 0 Å². The first-order chi connectivity index (χ1) is 9.65. The second-order valence-corrected chi connectivity index (χ2v) is 6.79. The van der Waals surface area contributed by atoms with E-state index in [4.69, 9.17) is 0 Å². The molecule has 0 aliphatic heterocycles. The van der Waals surface area contributed by atoms with Crippen LogP contribution in [0.2, 0.25) is 0 Å². The SMILES string of the molecule is CCC(CC)C(O)CNC1CC(c2ccccc2Br)C1. The van der Waals surface area contributed by atoms with Gasteiger partial charge in [-0.3, -0.25) is 0 Å². The number of hydrogen-bond donors (Lipinski definition) is 2. The molecule has 1 aromatic rings. The summed E-state index contributed by atoms with van der Waals surface area (Å²) in [6, 6.07) is 9.07. The van der Waals surface area contributed by atoms with Crippen LogP contribution in [0.15, 0.2) is 28.7 Å². The average Bonchev–Trinajstić information content (AvgIpc) is 2.40. The van der Waals surface area contributed by atoms with Gasteiger partial charge in [0.05, 0.1) is 6.10 Å². The first-order valence-corrected chi connectivity index (χ1v) is 8.60. The zero-order valence-electron chi connectivity index (χ0n) is 12.5. The largest absolute Gasteiger partial charge is 0.392 e. The molecule has 1 fully saturated rings. The Morgan fingerprint density at radius 2 is 1.90 bits per heavy atom. The minimum Gasteiger partial charge on any atom is -0.392 e. The van der Waals surface area contributed by atoms with Crippen molar-refractivity contribution in [2.45, 2.75) is 57.6 Å². The van der Waals surface area contributed by atoms with E-state index in [9.17, 15) is 5.11 Å². The van der Waals surface area contributed by atoms with Gasteiger partial charge in [-0.05, 0) is 36.3 Å². The zero-order valence-corrected chi connectivity index (χ0v) is 14.1. The predicted molar refractivity (Wildman–Crippen MR) is 88.0 cm³/mol. The highest BCUT2D eigenvalue weighted by atomic mass is 79.9. The van der Waals surface area contributed by atoms with Gasteiger partial charge >= 0.3 is 0 Å². The van der Waals surface area contributed by atoms with E-state index >= 15 is 0 Å². The summed E-state index contributed by atoms with van der Waals surface area (Å²) in [6.07, 6.45) is 4.27. The molecule has 0 saturated heterocycles. The van der Waals surface area contributed by atoms with Gasteiger partial charge in [0.2, 0.25) is 0 Å². The van der Waals surface area contributed by atoms with Crippen LogP contribution in [0.5, 0.6) is 0 Å². The lowest BCUT2D eigenvalue weighted by molar-refractivity contribution is 0.0925. The van der Waals surface area contributed by atoms with Crippen LogP contribution in [0.4, 0.5) is 0 Å². The van der Waals surface area contributed by atoms with Crippen molar-refractivity contribution in [3.05, 3.63) is 34.3 Å². The minimum absolute atomic E-state index is 0.201. The molecule has 1 aliphatic carbocycles. The Kier molecular flexibility index (Phi) is 6.06. The van der Waals surface area contributed by atoms with Crippen molar-refractivity contribution in [2.75, 3.05) is 6.54 Å². The number of benzene rings is 1. The summed E-state index contributed by atoms with van der Waals surface area (Å²) in [5.41, 5.74) is 1.42. The Morgan fingerprint density at radius 3 is 2.50 bits per heavy atom. The molecular formula is C17H26BrNO. The number of aliphatic hydroxyl groups is 1. The quantitative estimate of drug-likeness (QED) is 0.784. The molecular weight excluding hydrogens is 314 g/mol. The Morgan fingerprint density at radius 1 is 1.25 bits per heavy atom. The van der Waals surface area contributed by atoms with Crippen molar-refractivity contribution in [3.63, 3.8) is 0 Å². The van der Waals surface area contributed by atoms with Crippen molar-refractivity contribution < 1.29 is 5.11 Å². The average molecular weight is 340 g/mol. The highest BCUT2D eigenvalue weighted by molar-refractivity contribution is 9.10. The molecule has 2 rings (SSSR count). The molecule has 0 aromatic heterocycles. The van der Waals surface area contributed by atoms with Crippen LogP contribution < -0.4 is 5.32 Å². The van der Waals surface area contributed by atoms with E-state index in [1.54, 1.807) is 0 Å². The topological polar surface area (TPSA) is 32.3 Å². The van der Waals surface area contributed by atoms with E-state index in [2.05, 4.69) is 59.4 Å². The minimum atomic E-state index is -0.201. The van der Waals surface area contributed by atoms with Gasteiger partial charge in [-0.25, -0.2) is 0 Å². The molecule has 1 saturated carbocycles. The van der Waals surface area contributed by atoms with Gasteiger partial charge in [-0.15, -0.1) is 0 Å². The van der Waals surface area contributed by atoms with Crippen LogP contribution >= 0.6 is 15.9 Å². The number of rotatable bonds is 7. The molecule has 0 spiro atoms. The van der Waals surface area contributed by atoms with Gasteiger partial charge in [-0.1, -0.05) is 60.8 Å². The molecule has 20 heavy (non-hydrogen) atoms. The Bertz CT molecular complexity index is 413. The second kappa shape index (κ2) is 7.58. The van der Waals surface area contributed by atoms with E-state index < -0.39 is 0 Å². The monoisotopic (exact) mass is 339 g/mol. The van der Waals surface area contributed by atoms with Gasteiger partial charge in [0.1, 0.15) is 0 Å². The maximum Gasteiger partial charge on any atom is 0.0692 e. The number of aliphatic hydroxyl groups excluding tert-OH is 1. The Hall–Kier alpha value is -0.380. The van der Waals surface area contributed by atoms with E-state index in [0.717, 1.165) is 19.4 Å². The van der Waals surface area contributed by atoms with Gasteiger partial charge in [0.15, 0.2) is 0 Å². The summed E-state index contributed by atoms with van der Waals surface area (Å²) in [7, 11) is 0. The summed E-state index contributed by atoms with van der Waals surface area (Å²) in [5.74, 6) is 1.09. The molecule has 2 N–H and O–H groups in total. The lowest BCUT2D eigenvalue weighted by atomic mass is 9.76. The third kappa shape index (κ3) is 3.84. The smallest absolute Gasteiger partial charge is 0.0692 e. The van der Waals surface area contributed by atoms with Crippen LogP contribution in [0.1, 0.15) is 51.0 Å². The summed E-state index contributed by atoms with van der Waals surface area (Å²) < 4.78 is 1.22. The standard InChI is InChI=1S/C17H26BrNO/c1-3-12(4-2)17(20)11-19-14-9-13(10-14)15-7-5-6-8-16(15)18/h5-8,12-14,17,19-20H,3-4,9-11H2,1-2H3. The van der Waals surface area contributed by atoms with Crippen LogP contribution in [0, 0.1) is 5.92 Å².